The van der Waals surface area contributed by atoms with E-state index in [1.54, 1.807) is 25.2 Å². The van der Waals surface area contributed by atoms with Crippen LogP contribution < -0.4 is 5.32 Å². The lowest BCUT2D eigenvalue weighted by molar-refractivity contribution is 0.311. The van der Waals surface area contributed by atoms with Gasteiger partial charge in [-0.2, -0.15) is 0 Å². The van der Waals surface area contributed by atoms with Gasteiger partial charge < -0.3 is 5.32 Å². The topological polar surface area (TPSA) is 49.4 Å². The summed E-state index contributed by atoms with van der Waals surface area (Å²) < 4.78 is 27.2. The zero-order valence-electron chi connectivity index (χ0n) is 11.0. The van der Waals surface area contributed by atoms with Gasteiger partial charge in [-0.15, -0.1) is 0 Å². The molecule has 1 fully saturated rings. The SMILES string of the molecule is CN(CC1CCNCC1)S(=O)(=O)c1cccc(Br)c1. The lowest BCUT2D eigenvalue weighted by atomic mass is 9.98. The third-order valence-electron chi connectivity index (χ3n) is 3.48. The Bertz CT molecular complexity index is 527. The first-order valence-corrected chi connectivity index (χ1v) is 8.66. The van der Waals surface area contributed by atoms with E-state index in [4.69, 9.17) is 0 Å². The molecule has 0 spiro atoms. The van der Waals surface area contributed by atoms with Crippen molar-refractivity contribution in [3.63, 3.8) is 0 Å². The molecule has 0 bridgehead atoms. The van der Waals surface area contributed by atoms with E-state index in [-0.39, 0.29) is 0 Å². The van der Waals surface area contributed by atoms with Gasteiger partial charge in [0.25, 0.3) is 0 Å². The molecule has 106 valence electrons. The summed E-state index contributed by atoms with van der Waals surface area (Å²) in [6.07, 6.45) is 2.08. The molecule has 0 atom stereocenters. The van der Waals surface area contributed by atoms with Gasteiger partial charge in [-0.05, 0) is 50.0 Å². The Labute approximate surface area is 123 Å². The fraction of sp³-hybridized carbons (Fsp3) is 0.538. The second-order valence-electron chi connectivity index (χ2n) is 4.94. The highest BCUT2D eigenvalue weighted by Gasteiger charge is 2.24. The smallest absolute Gasteiger partial charge is 0.242 e. The number of halogens is 1. The molecule has 19 heavy (non-hydrogen) atoms. The summed E-state index contributed by atoms with van der Waals surface area (Å²) in [5.41, 5.74) is 0. The number of rotatable bonds is 4. The van der Waals surface area contributed by atoms with Crippen LogP contribution in [0.3, 0.4) is 0 Å². The van der Waals surface area contributed by atoms with Gasteiger partial charge in [-0.25, -0.2) is 12.7 Å². The number of hydrogen-bond acceptors (Lipinski definition) is 3. The maximum atomic E-state index is 12.4. The van der Waals surface area contributed by atoms with Crippen LogP contribution in [0.25, 0.3) is 0 Å². The minimum Gasteiger partial charge on any atom is -0.317 e. The van der Waals surface area contributed by atoms with Crippen LogP contribution in [0, 0.1) is 5.92 Å². The first-order chi connectivity index (χ1) is 9.00. The van der Waals surface area contributed by atoms with Crippen LogP contribution in [-0.2, 0) is 10.0 Å². The summed E-state index contributed by atoms with van der Waals surface area (Å²) >= 11 is 3.31. The zero-order valence-corrected chi connectivity index (χ0v) is 13.4. The Morgan fingerprint density at radius 3 is 2.68 bits per heavy atom. The standard InChI is InChI=1S/C13H19BrN2O2S/c1-16(10-11-5-7-15-8-6-11)19(17,18)13-4-2-3-12(14)9-13/h2-4,9,11,15H,5-8,10H2,1H3. The Balaban J connectivity index is 2.10. The number of hydrogen-bond donors (Lipinski definition) is 1. The minimum atomic E-state index is -3.38. The van der Waals surface area contributed by atoms with E-state index in [0.717, 1.165) is 30.4 Å². The predicted molar refractivity (Wildman–Crippen MR) is 79.6 cm³/mol. The minimum absolute atomic E-state index is 0.346. The molecular weight excluding hydrogens is 328 g/mol. The summed E-state index contributed by atoms with van der Waals surface area (Å²) in [6, 6.07) is 6.86. The molecule has 1 aromatic rings. The van der Waals surface area contributed by atoms with Gasteiger partial charge in [-0.1, -0.05) is 22.0 Å². The van der Waals surface area contributed by atoms with Gasteiger partial charge >= 0.3 is 0 Å². The molecule has 0 aromatic heterocycles. The molecule has 1 N–H and O–H groups in total. The normalized spacial score (nSPS) is 17.8. The lowest BCUT2D eigenvalue weighted by Crippen LogP contribution is -2.37. The molecule has 0 saturated carbocycles. The molecule has 6 heteroatoms. The van der Waals surface area contributed by atoms with Gasteiger partial charge in [0.1, 0.15) is 0 Å². The van der Waals surface area contributed by atoms with Gasteiger partial charge in [0, 0.05) is 18.1 Å². The van der Waals surface area contributed by atoms with Gasteiger partial charge in [-0.3, -0.25) is 0 Å². The summed E-state index contributed by atoms with van der Waals surface area (Å²) in [6.45, 7) is 2.56. The molecular formula is C13H19BrN2O2S. The maximum absolute atomic E-state index is 12.4. The molecule has 0 amide bonds. The second-order valence-corrected chi connectivity index (χ2v) is 7.90. The van der Waals surface area contributed by atoms with E-state index >= 15 is 0 Å². The van der Waals surface area contributed by atoms with Crippen molar-refractivity contribution in [2.75, 3.05) is 26.7 Å². The number of benzene rings is 1. The summed E-state index contributed by atoms with van der Waals surface area (Å²) in [4.78, 5) is 0.346. The van der Waals surface area contributed by atoms with Gasteiger partial charge in [0.2, 0.25) is 10.0 Å². The average Bonchev–Trinajstić information content (AvgIpc) is 2.40. The zero-order chi connectivity index (χ0) is 13.9. The summed E-state index contributed by atoms with van der Waals surface area (Å²) in [7, 11) is -1.71. The van der Waals surface area contributed by atoms with Crippen molar-refractivity contribution in [2.24, 2.45) is 5.92 Å². The summed E-state index contributed by atoms with van der Waals surface area (Å²) in [5, 5.41) is 3.29. The fourth-order valence-corrected chi connectivity index (χ4v) is 4.18. The third-order valence-corrected chi connectivity index (χ3v) is 5.79. The summed E-state index contributed by atoms with van der Waals surface area (Å²) in [5.74, 6) is 0.452. The first-order valence-electron chi connectivity index (χ1n) is 6.43. The Hall–Kier alpha value is -0.430. The maximum Gasteiger partial charge on any atom is 0.242 e. The van der Waals surface area contributed by atoms with Crippen molar-refractivity contribution < 1.29 is 8.42 Å². The van der Waals surface area contributed by atoms with Crippen LogP contribution in [0.15, 0.2) is 33.6 Å². The highest BCUT2D eigenvalue weighted by atomic mass is 79.9. The second kappa shape index (κ2) is 6.35. The Morgan fingerprint density at radius 1 is 1.37 bits per heavy atom. The number of nitrogens with one attached hydrogen (secondary N) is 1. The third kappa shape index (κ3) is 3.78. The highest BCUT2D eigenvalue weighted by Crippen LogP contribution is 2.21. The van der Waals surface area contributed by atoms with Crippen molar-refractivity contribution in [1.29, 1.82) is 0 Å². The molecule has 1 aliphatic rings. The van der Waals surface area contributed by atoms with E-state index in [1.165, 1.54) is 4.31 Å². The van der Waals surface area contributed by atoms with Crippen molar-refractivity contribution in [2.45, 2.75) is 17.7 Å². The van der Waals surface area contributed by atoms with E-state index in [9.17, 15) is 8.42 Å². The van der Waals surface area contributed by atoms with E-state index < -0.39 is 10.0 Å². The van der Waals surface area contributed by atoms with Crippen molar-refractivity contribution in [1.82, 2.24) is 9.62 Å². The van der Waals surface area contributed by atoms with Gasteiger partial charge in [0.05, 0.1) is 4.90 Å². The molecule has 2 rings (SSSR count). The van der Waals surface area contributed by atoms with Crippen molar-refractivity contribution in [3.8, 4) is 0 Å². The van der Waals surface area contributed by atoms with Crippen LogP contribution in [0.4, 0.5) is 0 Å². The Morgan fingerprint density at radius 2 is 2.05 bits per heavy atom. The highest BCUT2D eigenvalue weighted by molar-refractivity contribution is 9.10. The Kier molecular flexibility index (Phi) is 5.00. The van der Waals surface area contributed by atoms with E-state index in [1.807, 2.05) is 6.07 Å². The molecule has 1 aliphatic heterocycles. The monoisotopic (exact) mass is 346 g/mol. The number of sulfonamides is 1. The van der Waals surface area contributed by atoms with Crippen LogP contribution in [-0.4, -0.2) is 39.4 Å². The van der Waals surface area contributed by atoms with Crippen LogP contribution in [0.1, 0.15) is 12.8 Å². The largest absolute Gasteiger partial charge is 0.317 e. The number of nitrogens with zero attached hydrogens (tertiary/aromatic N) is 1. The van der Waals surface area contributed by atoms with Crippen LogP contribution >= 0.6 is 15.9 Å². The van der Waals surface area contributed by atoms with Crippen molar-refractivity contribution in [3.05, 3.63) is 28.7 Å². The molecule has 0 unspecified atom stereocenters. The van der Waals surface area contributed by atoms with Gasteiger partial charge in [0.15, 0.2) is 0 Å². The van der Waals surface area contributed by atoms with Crippen molar-refractivity contribution >= 4 is 26.0 Å². The molecule has 0 radical (unpaired) electrons. The van der Waals surface area contributed by atoms with E-state index in [0.29, 0.717) is 17.4 Å². The molecule has 1 aromatic carbocycles. The first kappa shape index (κ1) is 15.0. The fourth-order valence-electron chi connectivity index (χ4n) is 2.33. The molecule has 1 heterocycles. The van der Waals surface area contributed by atoms with E-state index in [2.05, 4.69) is 21.2 Å². The molecule has 1 saturated heterocycles. The number of piperidine rings is 1. The predicted octanol–water partition coefficient (Wildman–Crippen LogP) is 2.07. The quantitative estimate of drug-likeness (QED) is 0.907. The van der Waals surface area contributed by atoms with Crippen LogP contribution in [0.2, 0.25) is 0 Å². The van der Waals surface area contributed by atoms with Crippen LogP contribution in [0.5, 0.6) is 0 Å². The average molecular weight is 347 g/mol. The lowest BCUT2D eigenvalue weighted by Gasteiger charge is -2.27. The molecule has 4 nitrogen and oxygen atoms in total. The molecule has 0 aliphatic carbocycles.